The van der Waals surface area contributed by atoms with Crippen molar-refractivity contribution in [2.24, 2.45) is 0 Å². The van der Waals surface area contributed by atoms with Crippen molar-refractivity contribution in [2.45, 2.75) is 22.9 Å². The van der Waals surface area contributed by atoms with Crippen molar-refractivity contribution < 1.29 is 4.79 Å². The number of nitriles is 1. The van der Waals surface area contributed by atoms with Gasteiger partial charge in [-0.3, -0.25) is 4.79 Å². The third-order valence-corrected chi connectivity index (χ3v) is 6.19. The monoisotopic (exact) mass is 401 g/mol. The van der Waals surface area contributed by atoms with Crippen molar-refractivity contribution in [3.05, 3.63) is 53.6 Å². The quantitative estimate of drug-likeness (QED) is 0.520. The van der Waals surface area contributed by atoms with Crippen LogP contribution in [0.3, 0.4) is 0 Å². The van der Waals surface area contributed by atoms with Gasteiger partial charge in [0.1, 0.15) is 0 Å². The van der Waals surface area contributed by atoms with Gasteiger partial charge in [0.15, 0.2) is 4.34 Å². The first-order chi connectivity index (χ1) is 12.6. The highest BCUT2D eigenvalue weighted by atomic mass is 35.5. The summed E-state index contributed by atoms with van der Waals surface area (Å²) in [6, 6.07) is 17.2. The van der Waals surface area contributed by atoms with Crippen LogP contribution < -0.4 is 4.90 Å². The number of carbonyl (C=O) groups excluding carboxylic acids is 1. The van der Waals surface area contributed by atoms with Crippen molar-refractivity contribution in [3.8, 4) is 6.07 Å². The fraction of sp³-hybridized carbons (Fsp3) is 0.211. The summed E-state index contributed by atoms with van der Waals surface area (Å²) < 4.78 is 1.87. The number of anilines is 1. The zero-order valence-corrected chi connectivity index (χ0v) is 16.4. The Labute approximate surface area is 165 Å². The zero-order valence-electron chi connectivity index (χ0n) is 14.1. The van der Waals surface area contributed by atoms with Crippen molar-refractivity contribution in [2.75, 3.05) is 11.4 Å². The van der Waals surface area contributed by atoms with E-state index in [0.717, 1.165) is 20.2 Å². The number of halogens is 1. The number of benzene rings is 2. The molecule has 3 aromatic rings. The van der Waals surface area contributed by atoms with Crippen LogP contribution in [0, 0.1) is 11.3 Å². The molecule has 2 aromatic carbocycles. The van der Waals surface area contributed by atoms with E-state index in [4.69, 9.17) is 16.9 Å². The SMILES string of the molecule is C[C@H](Sc1nc2cc(Cl)ccc2s1)C(=O)N(CCC#N)c1ccccc1. The zero-order chi connectivity index (χ0) is 18.5. The average Bonchev–Trinajstić information content (AvgIpc) is 3.04. The lowest BCUT2D eigenvalue weighted by molar-refractivity contribution is -0.117. The van der Waals surface area contributed by atoms with Crippen LogP contribution in [0.4, 0.5) is 5.69 Å². The first-order valence-corrected chi connectivity index (χ1v) is 10.1. The lowest BCUT2D eigenvalue weighted by Crippen LogP contribution is -2.37. The van der Waals surface area contributed by atoms with Gasteiger partial charge in [0.05, 0.1) is 28.0 Å². The summed E-state index contributed by atoms with van der Waals surface area (Å²) in [5.74, 6) is -0.0336. The summed E-state index contributed by atoms with van der Waals surface area (Å²) in [4.78, 5) is 19.2. The molecule has 132 valence electrons. The summed E-state index contributed by atoms with van der Waals surface area (Å²) in [7, 11) is 0. The molecule has 0 aliphatic carbocycles. The molecule has 0 radical (unpaired) electrons. The van der Waals surface area contributed by atoms with Crippen LogP contribution in [0.25, 0.3) is 10.2 Å². The van der Waals surface area contributed by atoms with E-state index in [-0.39, 0.29) is 17.6 Å². The number of thiazole rings is 1. The molecule has 0 saturated heterocycles. The van der Waals surface area contributed by atoms with Crippen LogP contribution in [0.1, 0.15) is 13.3 Å². The molecule has 7 heteroatoms. The highest BCUT2D eigenvalue weighted by Crippen LogP contribution is 2.34. The molecule has 0 N–H and O–H groups in total. The largest absolute Gasteiger partial charge is 0.310 e. The third-order valence-electron chi connectivity index (χ3n) is 3.74. The first kappa shape index (κ1) is 18.7. The number of para-hydroxylation sites is 1. The summed E-state index contributed by atoms with van der Waals surface area (Å²) >= 11 is 8.99. The van der Waals surface area contributed by atoms with Crippen LogP contribution in [-0.2, 0) is 4.79 Å². The minimum Gasteiger partial charge on any atom is -0.310 e. The second-order valence-corrected chi connectivity index (χ2v) is 8.64. The van der Waals surface area contributed by atoms with Crippen molar-refractivity contribution in [1.29, 1.82) is 5.26 Å². The fourth-order valence-corrected chi connectivity index (χ4v) is 4.91. The van der Waals surface area contributed by atoms with Crippen molar-refractivity contribution in [3.63, 3.8) is 0 Å². The van der Waals surface area contributed by atoms with E-state index in [1.165, 1.54) is 11.8 Å². The lowest BCUT2D eigenvalue weighted by atomic mass is 10.2. The van der Waals surface area contributed by atoms with Gasteiger partial charge in [-0.25, -0.2) is 4.98 Å². The minimum atomic E-state index is -0.315. The van der Waals surface area contributed by atoms with Gasteiger partial charge in [-0.15, -0.1) is 11.3 Å². The summed E-state index contributed by atoms with van der Waals surface area (Å²) in [5.41, 5.74) is 1.64. The van der Waals surface area contributed by atoms with Gasteiger partial charge in [0.2, 0.25) is 5.91 Å². The second-order valence-electron chi connectivity index (χ2n) is 5.59. The summed E-state index contributed by atoms with van der Waals surface area (Å²) in [5, 5.41) is 9.24. The molecular weight excluding hydrogens is 386 g/mol. The smallest absolute Gasteiger partial charge is 0.240 e. The molecule has 0 fully saturated rings. The Hall–Kier alpha value is -2.07. The number of fused-ring (bicyclic) bond motifs is 1. The second kappa shape index (κ2) is 8.54. The Morgan fingerprint density at radius 2 is 2.12 bits per heavy atom. The molecule has 1 heterocycles. The first-order valence-electron chi connectivity index (χ1n) is 8.04. The van der Waals surface area contributed by atoms with Crippen LogP contribution >= 0.6 is 34.7 Å². The Morgan fingerprint density at radius 3 is 2.85 bits per heavy atom. The molecule has 0 aliphatic rings. The van der Waals surface area contributed by atoms with E-state index in [1.54, 1.807) is 16.2 Å². The van der Waals surface area contributed by atoms with Gasteiger partial charge in [-0.2, -0.15) is 5.26 Å². The fourth-order valence-electron chi connectivity index (χ4n) is 2.49. The van der Waals surface area contributed by atoms with E-state index in [0.29, 0.717) is 11.6 Å². The van der Waals surface area contributed by atoms with Crippen molar-refractivity contribution >= 4 is 56.5 Å². The standard InChI is InChI=1S/C19H16ClN3OS2/c1-13(25-19-22-16-12-14(20)8-9-17(16)26-19)18(24)23(11-5-10-21)15-6-3-2-4-7-15/h2-4,6-9,12-13H,5,11H2,1H3/t13-/m0/s1. The van der Waals surface area contributed by atoms with Crippen LogP contribution in [0.5, 0.6) is 0 Å². The molecular formula is C19H16ClN3OS2. The van der Waals surface area contributed by atoms with Gasteiger partial charge in [0, 0.05) is 17.3 Å². The highest BCUT2D eigenvalue weighted by molar-refractivity contribution is 8.02. The number of nitrogens with zero attached hydrogens (tertiary/aromatic N) is 3. The number of hydrogen-bond donors (Lipinski definition) is 0. The third kappa shape index (κ3) is 4.36. The van der Waals surface area contributed by atoms with Crippen molar-refractivity contribution in [1.82, 2.24) is 4.98 Å². The molecule has 0 spiro atoms. The normalized spacial score (nSPS) is 11.9. The Kier molecular flexibility index (Phi) is 6.15. The van der Waals surface area contributed by atoms with Gasteiger partial charge in [0.25, 0.3) is 0 Å². The summed E-state index contributed by atoms with van der Waals surface area (Å²) in [6.45, 7) is 2.24. The number of hydrogen-bond acceptors (Lipinski definition) is 5. The molecule has 1 aromatic heterocycles. The van der Waals surface area contributed by atoms with Gasteiger partial charge in [-0.05, 0) is 37.3 Å². The van der Waals surface area contributed by atoms with Gasteiger partial charge < -0.3 is 4.90 Å². The molecule has 1 atom stereocenters. The van der Waals surface area contributed by atoms with Gasteiger partial charge in [-0.1, -0.05) is 41.6 Å². The van der Waals surface area contributed by atoms with E-state index in [2.05, 4.69) is 11.1 Å². The molecule has 26 heavy (non-hydrogen) atoms. The molecule has 3 rings (SSSR count). The molecule has 0 aliphatic heterocycles. The van der Waals surface area contributed by atoms with Gasteiger partial charge >= 0.3 is 0 Å². The Balaban J connectivity index is 1.78. The number of rotatable bonds is 6. The maximum atomic E-state index is 13.0. The topological polar surface area (TPSA) is 57.0 Å². The molecule has 1 amide bonds. The number of carbonyl (C=O) groups is 1. The summed E-state index contributed by atoms with van der Waals surface area (Å²) in [6.07, 6.45) is 0.289. The van der Waals surface area contributed by atoms with E-state index in [1.807, 2.05) is 55.5 Å². The highest BCUT2D eigenvalue weighted by Gasteiger charge is 2.23. The number of aromatic nitrogens is 1. The predicted molar refractivity (Wildman–Crippen MR) is 109 cm³/mol. The predicted octanol–water partition coefficient (Wildman–Crippen LogP) is 5.38. The molecule has 0 bridgehead atoms. The van der Waals surface area contributed by atoms with E-state index >= 15 is 0 Å². The minimum absolute atomic E-state index is 0.0336. The Morgan fingerprint density at radius 1 is 1.35 bits per heavy atom. The average molecular weight is 402 g/mol. The maximum Gasteiger partial charge on any atom is 0.240 e. The lowest BCUT2D eigenvalue weighted by Gasteiger charge is -2.24. The maximum absolute atomic E-state index is 13.0. The Bertz CT molecular complexity index is 952. The number of amides is 1. The van der Waals surface area contributed by atoms with E-state index < -0.39 is 0 Å². The van der Waals surface area contributed by atoms with E-state index in [9.17, 15) is 4.79 Å². The number of thioether (sulfide) groups is 1. The molecule has 0 unspecified atom stereocenters. The van der Waals surface area contributed by atoms with Crippen LogP contribution in [0.15, 0.2) is 52.9 Å². The molecule has 0 saturated carbocycles. The molecule has 4 nitrogen and oxygen atoms in total. The van der Waals surface area contributed by atoms with Crippen LogP contribution in [0.2, 0.25) is 5.02 Å². The van der Waals surface area contributed by atoms with Crippen LogP contribution in [-0.4, -0.2) is 22.7 Å².